The van der Waals surface area contributed by atoms with Gasteiger partial charge in [-0.05, 0) is 48.7 Å². The maximum absolute atomic E-state index is 12.5. The highest BCUT2D eigenvalue weighted by Crippen LogP contribution is 2.19. The van der Waals surface area contributed by atoms with Crippen LogP contribution >= 0.6 is 0 Å². The van der Waals surface area contributed by atoms with Gasteiger partial charge in [-0.25, -0.2) is 8.42 Å². The fourth-order valence-corrected chi connectivity index (χ4v) is 4.24. The molecular formula is C21H21NO4S. The van der Waals surface area contributed by atoms with Crippen molar-refractivity contribution in [3.8, 4) is 0 Å². The topological polar surface area (TPSA) is 76.4 Å². The van der Waals surface area contributed by atoms with Crippen molar-refractivity contribution in [1.82, 2.24) is 0 Å². The Hall–Kier alpha value is -2.86. The third kappa shape index (κ3) is 4.86. The first-order chi connectivity index (χ1) is 12.8. The predicted molar refractivity (Wildman–Crippen MR) is 105 cm³/mol. The molecule has 0 aliphatic heterocycles. The average Bonchev–Trinajstić information content (AvgIpc) is 3.06. The van der Waals surface area contributed by atoms with E-state index in [1.807, 2.05) is 50.2 Å². The van der Waals surface area contributed by atoms with Crippen LogP contribution in [0.15, 0.2) is 65.1 Å². The molecule has 6 heteroatoms. The number of furan rings is 1. The van der Waals surface area contributed by atoms with Gasteiger partial charge in [0.1, 0.15) is 11.5 Å². The van der Waals surface area contributed by atoms with Crippen LogP contribution in [0.1, 0.15) is 33.0 Å². The molecule has 0 saturated carbocycles. The number of nitrogens with one attached hydrogen (secondary N) is 1. The zero-order chi connectivity index (χ0) is 19.4. The number of carbonyl (C=O) groups is 1. The molecule has 0 aliphatic rings. The lowest BCUT2D eigenvalue weighted by Gasteiger charge is -2.07. The summed E-state index contributed by atoms with van der Waals surface area (Å²) < 4.78 is 30.4. The Morgan fingerprint density at radius 1 is 0.889 bits per heavy atom. The van der Waals surface area contributed by atoms with E-state index in [4.69, 9.17) is 4.42 Å². The number of rotatable bonds is 6. The van der Waals surface area contributed by atoms with Crippen LogP contribution in [0.4, 0.5) is 5.69 Å². The molecule has 27 heavy (non-hydrogen) atoms. The summed E-state index contributed by atoms with van der Waals surface area (Å²) in [6.07, 6.45) is 0. The van der Waals surface area contributed by atoms with Gasteiger partial charge in [-0.1, -0.05) is 42.5 Å². The number of amides is 1. The van der Waals surface area contributed by atoms with Gasteiger partial charge in [-0.3, -0.25) is 4.79 Å². The number of hydrogen-bond donors (Lipinski definition) is 1. The summed E-state index contributed by atoms with van der Waals surface area (Å²) in [6, 6.07) is 17.8. The number of sulfone groups is 1. The maximum atomic E-state index is 12.5. The molecular weight excluding hydrogens is 362 g/mol. The number of benzene rings is 2. The molecule has 5 nitrogen and oxygen atoms in total. The van der Waals surface area contributed by atoms with Crippen molar-refractivity contribution in [2.75, 3.05) is 5.32 Å². The molecule has 1 heterocycles. The Bertz CT molecular complexity index is 1070. The van der Waals surface area contributed by atoms with Crippen molar-refractivity contribution in [1.29, 1.82) is 0 Å². The van der Waals surface area contributed by atoms with Gasteiger partial charge in [0.25, 0.3) is 5.91 Å². The summed E-state index contributed by atoms with van der Waals surface area (Å²) in [5, 5.41) is 2.77. The molecule has 0 aliphatic carbocycles. The van der Waals surface area contributed by atoms with E-state index in [0.717, 1.165) is 16.7 Å². The van der Waals surface area contributed by atoms with Crippen molar-refractivity contribution in [2.24, 2.45) is 0 Å². The van der Waals surface area contributed by atoms with Crippen molar-refractivity contribution in [3.05, 3.63) is 88.9 Å². The summed E-state index contributed by atoms with van der Waals surface area (Å²) in [7, 11) is -3.41. The minimum Gasteiger partial charge on any atom is -0.455 e. The van der Waals surface area contributed by atoms with Crippen LogP contribution in [0, 0.1) is 13.8 Å². The first-order valence-electron chi connectivity index (χ1n) is 8.55. The Balaban J connectivity index is 1.69. The molecule has 1 N–H and O–H groups in total. The summed E-state index contributed by atoms with van der Waals surface area (Å²) in [5.74, 6) is -0.394. The summed E-state index contributed by atoms with van der Waals surface area (Å²) in [5.41, 5.74) is 3.31. The van der Waals surface area contributed by atoms with E-state index in [0.29, 0.717) is 5.69 Å². The maximum Gasteiger partial charge on any atom is 0.291 e. The lowest BCUT2D eigenvalue weighted by atomic mass is 10.1. The van der Waals surface area contributed by atoms with E-state index >= 15 is 0 Å². The van der Waals surface area contributed by atoms with E-state index < -0.39 is 15.7 Å². The fraction of sp³-hybridized carbons (Fsp3) is 0.190. The van der Waals surface area contributed by atoms with Crippen molar-refractivity contribution >= 4 is 21.4 Å². The third-order valence-electron chi connectivity index (χ3n) is 4.28. The third-order valence-corrected chi connectivity index (χ3v) is 5.75. The standard InChI is InChI=1S/C21H21NO4S/c1-15-7-3-5-9-17(15)13-27(24,25)14-18-11-12-20(26-18)21(23)22-19-10-6-4-8-16(19)2/h3-12H,13-14H2,1-2H3,(H,22,23). The van der Waals surface area contributed by atoms with Gasteiger partial charge in [0.15, 0.2) is 15.6 Å². The molecule has 0 spiro atoms. The van der Waals surface area contributed by atoms with Crippen molar-refractivity contribution < 1.29 is 17.6 Å². The molecule has 0 radical (unpaired) electrons. The summed E-state index contributed by atoms with van der Waals surface area (Å²) in [4.78, 5) is 12.3. The summed E-state index contributed by atoms with van der Waals surface area (Å²) in [6.45, 7) is 3.77. The minimum absolute atomic E-state index is 0.0644. The molecule has 0 unspecified atom stereocenters. The van der Waals surface area contributed by atoms with Gasteiger partial charge in [0.2, 0.25) is 0 Å². The molecule has 0 atom stereocenters. The monoisotopic (exact) mass is 383 g/mol. The zero-order valence-electron chi connectivity index (χ0n) is 15.2. The van der Waals surface area contributed by atoms with Gasteiger partial charge in [0, 0.05) is 5.69 Å². The minimum atomic E-state index is -3.41. The van der Waals surface area contributed by atoms with Crippen LogP contribution in [0.2, 0.25) is 0 Å². The number of hydrogen-bond acceptors (Lipinski definition) is 4. The van der Waals surface area contributed by atoms with E-state index in [1.54, 1.807) is 12.1 Å². The number of para-hydroxylation sites is 1. The van der Waals surface area contributed by atoms with Crippen LogP contribution in [-0.2, 0) is 21.3 Å². The second kappa shape index (κ2) is 7.80. The highest BCUT2D eigenvalue weighted by Gasteiger charge is 2.19. The average molecular weight is 383 g/mol. The summed E-state index contributed by atoms with van der Waals surface area (Å²) >= 11 is 0. The Morgan fingerprint density at radius 2 is 1.56 bits per heavy atom. The van der Waals surface area contributed by atoms with Gasteiger partial charge < -0.3 is 9.73 Å². The lowest BCUT2D eigenvalue weighted by molar-refractivity contribution is 0.0995. The first kappa shape index (κ1) is 18.9. The van der Waals surface area contributed by atoms with Gasteiger partial charge in [-0.2, -0.15) is 0 Å². The Morgan fingerprint density at radius 3 is 2.26 bits per heavy atom. The van der Waals surface area contributed by atoms with Crippen molar-refractivity contribution in [2.45, 2.75) is 25.4 Å². The van der Waals surface area contributed by atoms with E-state index in [-0.39, 0.29) is 23.0 Å². The predicted octanol–water partition coefficient (Wildman–Crippen LogP) is 4.26. The van der Waals surface area contributed by atoms with E-state index in [9.17, 15) is 13.2 Å². The first-order valence-corrected chi connectivity index (χ1v) is 10.4. The molecule has 3 aromatic rings. The Kier molecular flexibility index (Phi) is 5.46. The lowest BCUT2D eigenvalue weighted by Crippen LogP contribution is -2.12. The number of anilines is 1. The number of aryl methyl sites for hydroxylation is 2. The van der Waals surface area contributed by atoms with E-state index in [2.05, 4.69) is 5.32 Å². The molecule has 1 aromatic heterocycles. The normalized spacial score (nSPS) is 11.3. The van der Waals surface area contributed by atoms with Gasteiger partial charge in [0.05, 0.1) is 5.75 Å². The fourth-order valence-electron chi connectivity index (χ4n) is 2.75. The van der Waals surface area contributed by atoms with Crippen molar-refractivity contribution in [3.63, 3.8) is 0 Å². The van der Waals surface area contributed by atoms with Crippen LogP contribution in [0.5, 0.6) is 0 Å². The van der Waals surface area contributed by atoms with Crippen LogP contribution in [0.3, 0.4) is 0 Å². The molecule has 1 amide bonds. The zero-order valence-corrected chi connectivity index (χ0v) is 16.0. The molecule has 0 bridgehead atoms. The molecule has 2 aromatic carbocycles. The SMILES string of the molecule is Cc1ccccc1CS(=O)(=O)Cc1ccc(C(=O)Nc2ccccc2C)o1. The molecule has 0 saturated heterocycles. The van der Waals surface area contributed by atoms with Gasteiger partial charge in [-0.15, -0.1) is 0 Å². The van der Waals surface area contributed by atoms with Gasteiger partial charge >= 0.3 is 0 Å². The van der Waals surface area contributed by atoms with E-state index in [1.165, 1.54) is 12.1 Å². The number of carbonyl (C=O) groups excluding carboxylic acids is 1. The van der Waals surface area contributed by atoms with Crippen LogP contribution in [-0.4, -0.2) is 14.3 Å². The smallest absolute Gasteiger partial charge is 0.291 e. The Labute approximate surface area is 159 Å². The highest BCUT2D eigenvalue weighted by molar-refractivity contribution is 7.89. The highest BCUT2D eigenvalue weighted by atomic mass is 32.2. The largest absolute Gasteiger partial charge is 0.455 e. The van der Waals surface area contributed by atoms with Crippen LogP contribution in [0.25, 0.3) is 0 Å². The molecule has 0 fully saturated rings. The second-order valence-electron chi connectivity index (χ2n) is 6.49. The molecule has 140 valence electrons. The second-order valence-corrected chi connectivity index (χ2v) is 8.56. The van der Waals surface area contributed by atoms with Crippen LogP contribution < -0.4 is 5.32 Å². The molecule has 3 rings (SSSR count). The quantitative estimate of drug-likeness (QED) is 0.690.